The number of hydrogen-bond donors (Lipinski definition) is 2. The van der Waals surface area contributed by atoms with Gasteiger partial charge in [-0.05, 0) is 39.5 Å². The average molecular weight is 344 g/mol. The number of carbonyl (C=O) groups is 2. The van der Waals surface area contributed by atoms with Crippen LogP contribution in [0.1, 0.15) is 31.7 Å². The minimum absolute atomic E-state index is 0.0987. The molecule has 0 heterocycles. The Balaban J connectivity index is 2.45. The topological polar surface area (TPSA) is 75.6 Å². The van der Waals surface area contributed by atoms with Crippen LogP contribution in [0.3, 0.4) is 0 Å². The summed E-state index contributed by atoms with van der Waals surface area (Å²) in [6.07, 6.45) is -0.0987. The van der Waals surface area contributed by atoms with E-state index < -0.39 is 5.97 Å². The molecule has 2 N–H and O–H groups in total. The zero-order valence-electron chi connectivity index (χ0n) is 11.5. The molecule has 0 saturated carbocycles. The second-order valence-electron chi connectivity index (χ2n) is 4.63. The van der Waals surface area contributed by atoms with Crippen LogP contribution in [0.15, 0.2) is 22.7 Å². The molecule has 1 aromatic rings. The van der Waals surface area contributed by atoms with E-state index in [4.69, 9.17) is 9.84 Å². The van der Waals surface area contributed by atoms with E-state index in [0.29, 0.717) is 11.7 Å². The lowest BCUT2D eigenvalue weighted by molar-refractivity contribution is -0.137. The predicted molar refractivity (Wildman–Crippen MR) is 79.0 cm³/mol. The highest BCUT2D eigenvalue weighted by atomic mass is 79.9. The molecule has 0 radical (unpaired) electrons. The molecule has 0 aliphatic rings. The van der Waals surface area contributed by atoms with Gasteiger partial charge in [0.1, 0.15) is 5.75 Å². The van der Waals surface area contributed by atoms with E-state index in [-0.39, 0.29) is 25.5 Å². The summed E-state index contributed by atoms with van der Waals surface area (Å²) in [5.74, 6) is -0.285. The number of ether oxygens (including phenoxy) is 1. The molecule has 5 nitrogen and oxygen atoms in total. The molecule has 6 heteroatoms. The molecule has 0 fully saturated rings. The Morgan fingerprint density at radius 1 is 1.40 bits per heavy atom. The zero-order valence-corrected chi connectivity index (χ0v) is 13.1. The second kappa shape index (κ2) is 7.89. The summed E-state index contributed by atoms with van der Waals surface area (Å²) in [6, 6.07) is 5.72. The van der Waals surface area contributed by atoms with Crippen LogP contribution >= 0.6 is 15.9 Å². The number of carbonyl (C=O) groups excluding carboxylic acids is 1. The van der Waals surface area contributed by atoms with Gasteiger partial charge >= 0.3 is 5.97 Å². The van der Waals surface area contributed by atoms with Crippen molar-refractivity contribution >= 4 is 27.8 Å². The molecular formula is C14H18BrNO4. The Kier molecular flexibility index (Phi) is 6.51. The van der Waals surface area contributed by atoms with Crippen LogP contribution in [0.25, 0.3) is 0 Å². The highest BCUT2D eigenvalue weighted by molar-refractivity contribution is 9.10. The number of rotatable bonds is 7. The number of amides is 1. The number of carboxylic acid groups (broad SMARTS) is 1. The Labute approximate surface area is 126 Å². The maximum absolute atomic E-state index is 11.4. The molecule has 0 aromatic heterocycles. The van der Waals surface area contributed by atoms with Crippen molar-refractivity contribution in [1.82, 2.24) is 5.32 Å². The molecule has 0 atom stereocenters. The van der Waals surface area contributed by atoms with E-state index in [1.165, 1.54) is 5.56 Å². The normalized spacial score (nSPS) is 10.4. The molecular weight excluding hydrogens is 326 g/mol. The molecule has 20 heavy (non-hydrogen) atoms. The first-order chi connectivity index (χ1) is 9.40. The largest absolute Gasteiger partial charge is 0.483 e. The number of halogens is 1. The number of nitrogens with one attached hydrogen (secondary N) is 1. The van der Waals surface area contributed by atoms with E-state index in [0.717, 1.165) is 4.47 Å². The van der Waals surface area contributed by atoms with E-state index in [9.17, 15) is 9.59 Å². The monoisotopic (exact) mass is 343 g/mol. The van der Waals surface area contributed by atoms with Gasteiger partial charge in [0, 0.05) is 6.54 Å². The Morgan fingerprint density at radius 3 is 2.65 bits per heavy atom. The number of carboxylic acids is 1. The summed E-state index contributed by atoms with van der Waals surface area (Å²) in [5.41, 5.74) is 1.18. The summed E-state index contributed by atoms with van der Waals surface area (Å²) in [7, 11) is 0. The fraction of sp³-hybridized carbons (Fsp3) is 0.429. The average Bonchev–Trinajstić information content (AvgIpc) is 2.36. The number of hydrogen-bond acceptors (Lipinski definition) is 3. The van der Waals surface area contributed by atoms with E-state index in [2.05, 4.69) is 35.1 Å². The van der Waals surface area contributed by atoms with Gasteiger partial charge in [-0.2, -0.15) is 0 Å². The highest BCUT2D eigenvalue weighted by Crippen LogP contribution is 2.28. The Hall–Kier alpha value is -1.56. The SMILES string of the molecule is CC(C)c1ccc(OCC(=O)NCCC(=O)O)c(Br)c1. The number of aliphatic carboxylic acids is 1. The lowest BCUT2D eigenvalue weighted by Gasteiger charge is -2.11. The molecule has 1 amide bonds. The van der Waals surface area contributed by atoms with Crippen molar-refractivity contribution in [3.8, 4) is 5.75 Å². The van der Waals surface area contributed by atoms with Gasteiger partial charge in [0.15, 0.2) is 6.61 Å². The molecule has 1 rings (SSSR count). The van der Waals surface area contributed by atoms with Gasteiger partial charge in [0.2, 0.25) is 0 Å². The van der Waals surface area contributed by atoms with Crippen LogP contribution < -0.4 is 10.1 Å². The van der Waals surface area contributed by atoms with Crippen molar-refractivity contribution in [3.63, 3.8) is 0 Å². The molecule has 0 unspecified atom stereocenters. The van der Waals surface area contributed by atoms with Gasteiger partial charge in [-0.3, -0.25) is 9.59 Å². The van der Waals surface area contributed by atoms with Gasteiger partial charge in [-0.15, -0.1) is 0 Å². The highest BCUT2D eigenvalue weighted by Gasteiger charge is 2.08. The number of benzene rings is 1. The fourth-order valence-corrected chi connectivity index (χ4v) is 2.01. The molecule has 1 aromatic carbocycles. The molecule has 0 aliphatic carbocycles. The van der Waals surface area contributed by atoms with Crippen LogP contribution in [0.5, 0.6) is 5.75 Å². The van der Waals surface area contributed by atoms with Crippen molar-refractivity contribution in [2.75, 3.05) is 13.2 Å². The van der Waals surface area contributed by atoms with Gasteiger partial charge in [0.05, 0.1) is 10.9 Å². The minimum Gasteiger partial charge on any atom is -0.483 e. The van der Waals surface area contributed by atoms with Crippen molar-refractivity contribution < 1.29 is 19.4 Å². The van der Waals surface area contributed by atoms with Gasteiger partial charge < -0.3 is 15.2 Å². The van der Waals surface area contributed by atoms with Crippen LogP contribution in [-0.4, -0.2) is 30.1 Å². The van der Waals surface area contributed by atoms with E-state index in [1.54, 1.807) is 0 Å². The Morgan fingerprint density at radius 2 is 2.10 bits per heavy atom. The van der Waals surface area contributed by atoms with Crippen molar-refractivity contribution in [2.24, 2.45) is 0 Å². The summed E-state index contributed by atoms with van der Waals surface area (Å²) in [4.78, 5) is 21.7. The van der Waals surface area contributed by atoms with Crippen LogP contribution in [0, 0.1) is 0 Å². The maximum Gasteiger partial charge on any atom is 0.305 e. The van der Waals surface area contributed by atoms with Crippen LogP contribution in [0.2, 0.25) is 0 Å². The summed E-state index contributed by atoms with van der Waals surface area (Å²) in [6.45, 7) is 4.15. The third kappa shape index (κ3) is 5.61. The molecule has 0 bridgehead atoms. The standard InChI is InChI=1S/C14H18BrNO4/c1-9(2)10-3-4-12(11(15)7-10)20-8-13(17)16-6-5-14(18)19/h3-4,7,9H,5-6,8H2,1-2H3,(H,16,17)(H,18,19). The molecule has 0 spiro atoms. The smallest absolute Gasteiger partial charge is 0.305 e. The van der Waals surface area contributed by atoms with Crippen molar-refractivity contribution in [3.05, 3.63) is 28.2 Å². The quantitative estimate of drug-likeness (QED) is 0.797. The summed E-state index contributed by atoms with van der Waals surface area (Å²) in [5, 5.41) is 10.9. The van der Waals surface area contributed by atoms with Gasteiger partial charge in [-0.25, -0.2) is 0 Å². The van der Waals surface area contributed by atoms with E-state index >= 15 is 0 Å². The Bertz CT molecular complexity index is 488. The van der Waals surface area contributed by atoms with Crippen molar-refractivity contribution in [1.29, 1.82) is 0 Å². The lowest BCUT2D eigenvalue weighted by Crippen LogP contribution is -2.30. The molecule has 0 aliphatic heterocycles. The fourth-order valence-electron chi connectivity index (χ4n) is 1.50. The minimum atomic E-state index is -0.946. The summed E-state index contributed by atoms with van der Waals surface area (Å²) >= 11 is 3.40. The van der Waals surface area contributed by atoms with Gasteiger partial charge in [0.25, 0.3) is 5.91 Å². The zero-order chi connectivity index (χ0) is 15.1. The van der Waals surface area contributed by atoms with Crippen LogP contribution in [-0.2, 0) is 9.59 Å². The van der Waals surface area contributed by atoms with E-state index in [1.807, 2.05) is 18.2 Å². The van der Waals surface area contributed by atoms with Crippen molar-refractivity contribution in [2.45, 2.75) is 26.2 Å². The lowest BCUT2D eigenvalue weighted by atomic mass is 10.0. The third-order valence-electron chi connectivity index (χ3n) is 2.64. The maximum atomic E-state index is 11.4. The molecule has 0 saturated heterocycles. The predicted octanol–water partition coefficient (Wildman–Crippen LogP) is 2.54. The van der Waals surface area contributed by atoms with Crippen LogP contribution in [0.4, 0.5) is 0 Å². The second-order valence-corrected chi connectivity index (χ2v) is 5.48. The molecule has 110 valence electrons. The first-order valence-corrected chi connectivity index (χ1v) is 7.10. The van der Waals surface area contributed by atoms with Gasteiger partial charge in [-0.1, -0.05) is 19.9 Å². The first-order valence-electron chi connectivity index (χ1n) is 6.31. The third-order valence-corrected chi connectivity index (χ3v) is 3.26. The summed E-state index contributed by atoms with van der Waals surface area (Å²) < 4.78 is 6.18. The first kappa shape index (κ1) is 16.5.